The number of hydrogen-bond acceptors (Lipinski definition) is 3. The monoisotopic (exact) mass is 246 g/mol. The molecule has 1 aromatic carbocycles. The second-order valence-corrected chi connectivity index (χ2v) is 4.38. The molecule has 0 spiro atoms. The summed E-state index contributed by atoms with van der Waals surface area (Å²) in [6, 6.07) is 5.20. The first-order valence-electron chi connectivity index (χ1n) is 6.21. The third-order valence-electron chi connectivity index (χ3n) is 2.94. The van der Waals surface area contributed by atoms with Crippen LogP contribution in [-0.2, 0) is 4.79 Å². The number of nitrogens with two attached hydrogens (primary N) is 1. The maximum atomic E-state index is 11.9. The average molecular weight is 246 g/mol. The molecule has 0 saturated carbocycles. The van der Waals surface area contributed by atoms with Crippen molar-refractivity contribution in [2.45, 2.75) is 32.2 Å². The third kappa shape index (κ3) is 2.68. The van der Waals surface area contributed by atoms with Crippen molar-refractivity contribution in [2.24, 2.45) is 5.73 Å². The Labute approximate surface area is 106 Å². The van der Waals surface area contributed by atoms with E-state index in [0.717, 1.165) is 29.4 Å². The number of H-pyrrole nitrogens is 1. The molecule has 5 heteroatoms. The summed E-state index contributed by atoms with van der Waals surface area (Å²) in [6.07, 6.45) is 4.43. The van der Waals surface area contributed by atoms with E-state index in [9.17, 15) is 4.79 Å². The highest BCUT2D eigenvalue weighted by molar-refractivity contribution is 6.02. The standard InChI is InChI=1S/C13H18N4O/c1-2-3-6-10(14)13(18)16-11-7-4-5-9-8-15-17-12(9)11/h4-5,7-8,10H,2-3,6,14H2,1H3,(H,15,17)(H,16,18). The van der Waals surface area contributed by atoms with Gasteiger partial charge in [0.15, 0.2) is 0 Å². The van der Waals surface area contributed by atoms with E-state index in [1.807, 2.05) is 18.2 Å². The number of fused-ring (bicyclic) bond motifs is 1. The van der Waals surface area contributed by atoms with E-state index in [4.69, 9.17) is 5.73 Å². The van der Waals surface area contributed by atoms with Crippen LogP contribution in [0.3, 0.4) is 0 Å². The lowest BCUT2D eigenvalue weighted by Crippen LogP contribution is -2.35. The van der Waals surface area contributed by atoms with Crippen molar-refractivity contribution in [1.82, 2.24) is 10.2 Å². The van der Waals surface area contributed by atoms with Crippen LogP contribution in [0.5, 0.6) is 0 Å². The van der Waals surface area contributed by atoms with Gasteiger partial charge in [-0.15, -0.1) is 0 Å². The number of anilines is 1. The van der Waals surface area contributed by atoms with Crippen LogP contribution in [0.15, 0.2) is 24.4 Å². The minimum absolute atomic E-state index is 0.148. The highest BCUT2D eigenvalue weighted by Gasteiger charge is 2.14. The summed E-state index contributed by atoms with van der Waals surface area (Å²) in [5.74, 6) is -0.148. The van der Waals surface area contributed by atoms with Gasteiger partial charge in [0.1, 0.15) is 0 Å². The molecule has 0 radical (unpaired) electrons. The molecule has 1 atom stereocenters. The maximum absolute atomic E-state index is 11.9. The largest absolute Gasteiger partial charge is 0.323 e. The van der Waals surface area contributed by atoms with Gasteiger partial charge in [-0.25, -0.2) is 0 Å². The summed E-state index contributed by atoms with van der Waals surface area (Å²) in [4.78, 5) is 11.9. The Morgan fingerprint density at radius 3 is 3.17 bits per heavy atom. The molecule has 18 heavy (non-hydrogen) atoms. The van der Waals surface area contributed by atoms with Crippen LogP contribution in [0.1, 0.15) is 26.2 Å². The van der Waals surface area contributed by atoms with Crippen molar-refractivity contribution in [2.75, 3.05) is 5.32 Å². The molecule has 0 saturated heterocycles. The van der Waals surface area contributed by atoms with E-state index < -0.39 is 6.04 Å². The molecule has 1 amide bonds. The summed E-state index contributed by atoms with van der Waals surface area (Å²) < 4.78 is 0. The molecule has 96 valence electrons. The Kier molecular flexibility index (Phi) is 3.94. The lowest BCUT2D eigenvalue weighted by Gasteiger charge is -2.12. The number of rotatable bonds is 5. The molecule has 1 aromatic heterocycles. The first-order valence-corrected chi connectivity index (χ1v) is 6.21. The van der Waals surface area contributed by atoms with Gasteiger partial charge in [-0.2, -0.15) is 5.10 Å². The smallest absolute Gasteiger partial charge is 0.241 e. The number of nitrogens with one attached hydrogen (secondary N) is 2. The number of amides is 1. The third-order valence-corrected chi connectivity index (χ3v) is 2.94. The summed E-state index contributed by atoms with van der Waals surface area (Å²) in [5.41, 5.74) is 7.38. The molecule has 4 N–H and O–H groups in total. The molecule has 2 aromatic rings. The molecule has 0 aliphatic heterocycles. The lowest BCUT2D eigenvalue weighted by molar-refractivity contribution is -0.117. The Balaban J connectivity index is 2.09. The molecule has 0 bridgehead atoms. The van der Waals surface area contributed by atoms with Crippen molar-refractivity contribution in [3.05, 3.63) is 24.4 Å². The van der Waals surface area contributed by atoms with Gasteiger partial charge in [0.05, 0.1) is 23.4 Å². The number of carbonyl (C=O) groups excluding carboxylic acids is 1. The summed E-state index contributed by atoms with van der Waals surface area (Å²) in [7, 11) is 0. The second kappa shape index (κ2) is 5.64. The molecule has 2 rings (SSSR count). The number of aromatic amines is 1. The SMILES string of the molecule is CCCCC(N)C(=O)Nc1cccc2cn[nH]c12. The number of nitrogens with zero attached hydrogens (tertiary/aromatic N) is 1. The fourth-order valence-corrected chi connectivity index (χ4v) is 1.85. The van der Waals surface area contributed by atoms with Crippen molar-refractivity contribution in [3.8, 4) is 0 Å². The highest BCUT2D eigenvalue weighted by atomic mass is 16.2. The second-order valence-electron chi connectivity index (χ2n) is 4.38. The van der Waals surface area contributed by atoms with E-state index in [1.165, 1.54) is 0 Å². The van der Waals surface area contributed by atoms with Gasteiger partial charge in [0, 0.05) is 5.39 Å². The zero-order chi connectivity index (χ0) is 13.0. The zero-order valence-electron chi connectivity index (χ0n) is 10.4. The molecule has 0 aliphatic carbocycles. The lowest BCUT2D eigenvalue weighted by atomic mass is 10.1. The van der Waals surface area contributed by atoms with E-state index in [2.05, 4.69) is 22.4 Å². The van der Waals surface area contributed by atoms with Gasteiger partial charge in [-0.3, -0.25) is 9.89 Å². The Bertz CT molecular complexity index is 535. The number of aromatic nitrogens is 2. The van der Waals surface area contributed by atoms with Crippen molar-refractivity contribution in [3.63, 3.8) is 0 Å². The first kappa shape index (κ1) is 12.6. The molecule has 5 nitrogen and oxygen atoms in total. The zero-order valence-corrected chi connectivity index (χ0v) is 10.4. The van der Waals surface area contributed by atoms with Crippen LogP contribution in [0.2, 0.25) is 0 Å². The fraction of sp³-hybridized carbons (Fsp3) is 0.385. The van der Waals surface area contributed by atoms with Gasteiger partial charge in [0.2, 0.25) is 5.91 Å². The number of para-hydroxylation sites is 1. The van der Waals surface area contributed by atoms with Gasteiger partial charge in [0.25, 0.3) is 0 Å². The van der Waals surface area contributed by atoms with Crippen LogP contribution in [0.4, 0.5) is 5.69 Å². The fourth-order valence-electron chi connectivity index (χ4n) is 1.85. The molecule has 0 fully saturated rings. The van der Waals surface area contributed by atoms with Gasteiger partial charge in [-0.05, 0) is 12.5 Å². The number of carbonyl (C=O) groups is 1. The van der Waals surface area contributed by atoms with Crippen molar-refractivity contribution in [1.29, 1.82) is 0 Å². The molecule has 1 heterocycles. The summed E-state index contributed by atoms with van der Waals surface area (Å²) in [5, 5.41) is 10.6. The normalized spacial score (nSPS) is 12.6. The summed E-state index contributed by atoms with van der Waals surface area (Å²) >= 11 is 0. The molecule has 1 unspecified atom stereocenters. The minimum atomic E-state index is -0.455. The first-order chi connectivity index (χ1) is 8.72. The molecule has 0 aliphatic rings. The summed E-state index contributed by atoms with van der Waals surface area (Å²) in [6.45, 7) is 2.08. The number of benzene rings is 1. The predicted octanol–water partition coefficient (Wildman–Crippen LogP) is 2.02. The van der Waals surface area contributed by atoms with Gasteiger partial charge < -0.3 is 11.1 Å². The van der Waals surface area contributed by atoms with Crippen LogP contribution in [-0.4, -0.2) is 22.1 Å². The Morgan fingerprint density at radius 1 is 1.56 bits per heavy atom. The quantitative estimate of drug-likeness (QED) is 0.754. The van der Waals surface area contributed by atoms with E-state index in [-0.39, 0.29) is 5.91 Å². The Hall–Kier alpha value is -1.88. The van der Waals surface area contributed by atoms with Gasteiger partial charge in [-0.1, -0.05) is 31.9 Å². The van der Waals surface area contributed by atoms with E-state index in [1.54, 1.807) is 6.20 Å². The van der Waals surface area contributed by atoms with E-state index in [0.29, 0.717) is 6.42 Å². The number of unbranched alkanes of at least 4 members (excludes halogenated alkanes) is 1. The van der Waals surface area contributed by atoms with Crippen LogP contribution in [0.25, 0.3) is 10.9 Å². The van der Waals surface area contributed by atoms with Crippen molar-refractivity contribution < 1.29 is 4.79 Å². The highest BCUT2D eigenvalue weighted by Crippen LogP contribution is 2.20. The Morgan fingerprint density at radius 2 is 2.39 bits per heavy atom. The maximum Gasteiger partial charge on any atom is 0.241 e. The van der Waals surface area contributed by atoms with E-state index >= 15 is 0 Å². The van der Waals surface area contributed by atoms with Crippen LogP contribution < -0.4 is 11.1 Å². The molecular formula is C13H18N4O. The average Bonchev–Trinajstić information content (AvgIpc) is 2.85. The topological polar surface area (TPSA) is 83.8 Å². The van der Waals surface area contributed by atoms with Gasteiger partial charge >= 0.3 is 0 Å². The van der Waals surface area contributed by atoms with Crippen LogP contribution >= 0.6 is 0 Å². The van der Waals surface area contributed by atoms with Crippen molar-refractivity contribution >= 4 is 22.5 Å². The number of hydrogen-bond donors (Lipinski definition) is 3. The minimum Gasteiger partial charge on any atom is -0.323 e. The molecular weight excluding hydrogens is 228 g/mol. The van der Waals surface area contributed by atoms with Crippen LogP contribution in [0, 0.1) is 0 Å². The predicted molar refractivity (Wildman–Crippen MR) is 72.2 cm³/mol.